The first-order valence-electron chi connectivity index (χ1n) is 1.16. The van der Waals surface area contributed by atoms with E-state index in [2.05, 4.69) is 0 Å². The summed E-state index contributed by atoms with van der Waals surface area (Å²) in [5.41, 5.74) is -0.273. The summed E-state index contributed by atoms with van der Waals surface area (Å²) < 4.78 is 0. The molecule has 1 atom stereocenters. The van der Waals surface area contributed by atoms with Gasteiger partial charge in [-0.05, 0) is 0 Å². The number of carbonyl (C=O) groups is 1. The van der Waals surface area contributed by atoms with Gasteiger partial charge in [0.2, 0.25) is 0 Å². The SMILES string of the molecule is O=C(P)CO. The summed E-state index contributed by atoms with van der Waals surface area (Å²) in [7, 11) is 1.84. The van der Waals surface area contributed by atoms with Gasteiger partial charge in [-0.3, -0.25) is 4.79 Å². The number of rotatable bonds is 1. The highest BCUT2D eigenvalue weighted by molar-refractivity contribution is 7.40. The van der Waals surface area contributed by atoms with Gasteiger partial charge in [0.15, 0.2) is 5.52 Å². The van der Waals surface area contributed by atoms with Crippen LogP contribution in [0.15, 0.2) is 0 Å². The summed E-state index contributed by atoms with van der Waals surface area (Å²) >= 11 is 0. The minimum Gasteiger partial charge on any atom is -0.388 e. The minimum atomic E-state index is -0.370. The molecule has 3 heteroatoms. The molecule has 1 unspecified atom stereocenters. The lowest BCUT2D eigenvalue weighted by atomic mass is 10.8. The molecule has 30 valence electrons. The molecule has 0 bridgehead atoms. The molecule has 5 heavy (non-hydrogen) atoms. The topological polar surface area (TPSA) is 37.3 Å². The van der Waals surface area contributed by atoms with E-state index < -0.39 is 0 Å². The third-order valence-electron chi connectivity index (χ3n) is 0.156. The average molecular weight is 92.0 g/mol. The van der Waals surface area contributed by atoms with Crippen LogP contribution in [0.2, 0.25) is 0 Å². The van der Waals surface area contributed by atoms with E-state index in [9.17, 15) is 4.79 Å². The van der Waals surface area contributed by atoms with Crippen LogP contribution in [0.5, 0.6) is 0 Å². The Kier molecular flexibility index (Phi) is 2.33. The maximum Gasteiger partial charge on any atom is 0.173 e. The van der Waals surface area contributed by atoms with Crippen LogP contribution in [0.25, 0.3) is 0 Å². The molecule has 0 amide bonds. The van der Waals surface area contributed by atoms with Gasteiger partial charge < -0.3 is 5.11 Å². The average Bonchev–Trinajstić information content (AvgIpc) is 1.38. The van der Waals surface area contributed by atoms with Gasteiger partial charge in [0, 0.05) is 0 Å². The second-order valence-corrected chi connectivity index (χ2v) is 1.27. The quantitative estimate of drug-likeness (QED) is 0.437. The molecule has 0 aliphatic rings. The predicted octanol–water partition coefficient (Wildman–Crippen LogP) is -0.620. The molecular formula is C2H5O2P. The van der Waals surface area contributed by atoms with Crippen LogP contribution in [-0.4, -0.2) is 17.2 Å². The van der Waals surface area contributed by atoms with E-state index in [1.165, 1.54) is 0 Å². The van der Waals surface area contributed by atoms with Crippen LogP contribution in [-0.2, 0) is 4.79 Å². The monoisotopic (exact) mass is 92.0 g/mol. The van der Waals surface area contributed by atoms with Gasteiger partial charge in [0.05, 0.1) is 0 Å². The van der Waals surface area contributed by atoms with Crippen LogP contribution in [0, 0.1) is 0 Å². The van der Waals surface area contributed by atoms with Gasteiger partial charge in [-0.25, -0.2) is 0 Å². The number of aliphatic hydroxyl groups excluding tert-OH is 1. The molecule has 0 aromatic carbocycles. The normalized spacial score (nSPS) is 7.60. The van der Waals surface area contributed by atoms with Gasteiger partial charge in [-0.2, -0.15) is 0 Å². The zero-order chi connectivity index (χ0) is 4.28. The van der Waals surface area contributed by atoms with Crippen LogP contribution in [0.4, 0.5) is 0 Å². The highest BCUT2D eigenvalue weighted by Crippen LogP contribution is 1.77. The first-order valence-corrected chi connectivity index (χ1v) is 1.74. The van der Waals surface area contributed by atoms with Crippen molar-refractivity contribution in [1.29, 1.82) is 0 Å². The summed E-state index contributed by atoms with van der Waals surface area (Å²) in [5.74, 6) is 0. The molecule has 0 rings (SSSR count). The van der Waals surface area contributed by atoms with Crippen LogP contribution in [0.1, 0.15) is 0 Å². The maximum absolute atomic E-state index is 9.53. The predicted molar refractivity (Wildman–Crippen MR) is 21.8 cm³/mol. The summed E-state index contributed by atoms with van der Waals surface area (Å²) in [6, 6.07) is 0. The lowest BCUT2D eigenvalue weighted by molar-refractivity contribution is -0.113. The molecule has 0 radical (unpaired) electrons. The Morgan fingerprint density at radius 2 is 2.20 bits per heavy atom. The first-order chi connectivity index (χ1) is 2.27. The Bertz CT molecular complexity index is 42.9. The molecule has 0 aliphatic heterocycles. The Hall–Kier alpha value is 0.0600. The summed E-state index contributed by atoms with van der Waals surface area (Å²) in [6.45, 7) is -0.370. The zero-order valence-corrected chi connectivity index (χ0v) is 3.79. The maximum atomic E-state index is 9.53. The molecule has 0 aromatic rings. The Balaban J connectivity index is 2.85. The van der Waals surface area contributed by atoms with Crippen molar-refractivity contribution in [1.82, 2.24) is 0 Å². The smallest absolute Gasteiger partial charge is 0.173 e. The van der Waals surface area contributed by atoms with Crippen LogP contribution < -0.4 is 0 Å². The van der Waals surface area contributed by atoms with E-state index in [0.29, 0.717) is 0 Å². The lowest BCUT2D eigenvalue weighted by Gasteiger charge is -1.72. The fourth-order valence-electron chi connectivity index (χ4n) is 0. The molecule has 0 aliphatic carbocycles. The Morgan fingerprint density at radius 3 is 2.20 bits per heavy atom. The van der Waals surface area contributed by atoms with E-state index in [0.717, 1.165) is 0 Å². The number of aliphatic hydroxyl groups is 1. The Labute approximate surface area is 32.4 Å². The second kappa shape index (κ2) is 2.31. The van der Waals surface area contributed by atoms with Crippen molar-refractivity contribution in [2.45, 2.75) is 0 Å². The van der Waals surface area contributed by atoms with Crippen LogP contribution in [0.3, 0.4) is 0 Å². The molecule has 0 aromatic heterocycles. The van der Waals surface area contributed by atoms with Gasteiger partial charge >= 0.3 is 0 Å². The fraction of sp³-hybridized carbons (Fsp3) is 0.500. The minimum absolute atomic E-state index is 0.273. The first kappa shape index (κ1) is 5.06. The fourth-order valence-corrected chi connectivity index (χ4v) is 0. The molecular weight excluding hydrogens is 87.0 g/mol. The molecule has 0 heterocycles. The number of hydrogen-bond donors (Lipinski definition) is 1. The van der Waals surface area contributed by atoms with Crippen molar-refractivity contribution >= 4 is 14.8 Å². The summed E-state index contributed by atoms with van der Waals surface area (Å²) in [6.07, 6.45) is 0. The highest BCUT2D eigenvalue weighted by atomic mass is 31.0. The third kappa shape index (κ3) is 4.06. The Morgan fingerprint density at radius 1 is 2.00 bits per heavy atom. The van der Waals surface area contributed by atoms with Gasteiger partial charge in [-0.1, -0.05) is 9.24 Å². The van der Waals surface area contributed by atoms with Crippen molar-refractivity contribution < 1.29 is 9.90 Å². The van der Waals surface area contributed by atoms with Crippen molar-refractivity contribution in [3.8, 4) is 0 Å². The summed E-state index contributed by atoms with van der Waals surface area (Å²) in [4.78, 5) is 9.53. The van der Waals surface area contributed by atoms with Gasteiger partial charge in [0.25, 0.3) is 0 Å². The highest BCUT2D eigenvalue weighted by Gasteiger charge is 1.78. The second-order valence-electron chi connectivity index (χ2n) is 0.624. The van der Waals surface area contributed by atoms with E-state index in [1.807, 2.05) is 9.24 Å². The molecule has 0 fully saturated rings. The van der Waals surface area contributed by atoms with E-state index in [4.69, 9.17) is 5.11 Å². The molecule has 2 nitrogen and oxygen atoms in total. The van der Waals surface area contributed by atoms with Gasteiger partial charge in [0.1, 0.15) is 6.61 Å². The molecule has 0 spiro atoms. The van der Waals surface area contributed by atoms with Crippen LogP contribution >= 0.6 is 9.24 Å². The van der Waals surface area contributed by atoms with E-state index in [1.54, 1.807) is 0 Å². The van der Waals surface area contributed by atoms with Crippen molar-refractivity contribution in [2.75, 3.05) is 6.61 Å². The van der Waals surface area contributed by atoms with Gasteiger partial charge in [-0.15, -0.1) is 0 Å². The van der Waals surface area contributed by atoms with Crippen molar-refractivity contribution in [3.63, 3.8) is 0 Å². The molecule has 1 N–H and O–H groups in total. The van der Waals surface area contributed by atoms with Crippen molar-refractivity contribution in [3.05, 3.63) is 0 Å². The third-order valence-corrected chi connectivity index (χ3v) is 0.338. The largest absolute Gasteiger partial charge is 0.388 e. The number of carbonyl (C=O) groups excluding carboxylic acids is 1. The molecule has 0 saturated heterocycles. The lowest BCUT2D eigenvalue weighted by Crippen LogP contribution is -1.88. The number of hydrogen-bond acceptors (Lipinski definition) is 2. The van der Waals surface area contributed by atoms with Crippen molar-refractivity contribution in [2.24, 2.45) is 0 Å². The summed E-state index contributed by atoms with van der Waals surface area (Å²) in [5, 5.41) is 7.77. The van der Waals surface area contributed by atoms with E-state index >= 15 is 0 Å². The standard InChI is InChI=1S/C2H5O2P/c3-1-2(4)5/h3H,1,5H2. The molecule has 0 saturated carbocycles. The zero-order valence-electron chi connectivity index (χ0n) is 2.64. The van der Waals surface area contributed by atoms with E-state index in [-0.39, 0.29) is 12.1 Å².